The van der Waals surface area contributed by atoms with Crippen molar-refractivity contribution in [3.05, 3.63) is 368 Å². The Morgan fingerprint density at radius 1 is 0.247 bits per heavy atom. The molecule has 0 aromatic heterocycles. The second kappa shape index (κ2) is 23.8. The van der Waals surface area contributed by atoms with E-state index in [-0.39, 0.29) is 5.54 Å². The summed E-state index contributed by atoms with van der Waals surface area (Å²) < 4.78 is 0. The van der Waals surface area contributed by atoms with E-state index in [2.05, 4.69) is 356 Å². The number of para-hydroxylation sites is 2. The minimum Gasteiger partial charge on any atom is -0.335 e. The van der Waals surface area contributed by atoms with Crippen molar-refractivity contribution in [1.29, 1.82) is 0 Å². The number of hydrogen-bond donors (Lipinski definition) is 0. The molecule has 2 nitrogen and oxygen atoms in total. The molecule has 4 fully saturated rings. The molecule has 0 radical (unpaired) electrons. The fourth-order valence-corrected chi connectivity index (χ4v) is 17.5. The largest absolute Gasteiger partial charge is 0.335 e. The molecule has 4 saturated carbocycles. The third-order valence-corrected chi connectivity index (χ3v) is 21.1. The van der Waals surface area contributed by atoms with Crippen molar-refractivity contribution in [2.45, 2.75) is 49.5 Å². The lowest BCUT2D eigenvalue weighted by Crippen LogP contribution is -2.58. The Labute approximate surface area is 547 Å². The van der Waals surface area contributed by atoms with Crippen molar-refractivity contribution in [3.63, 3.8) is 0 Å². The zero-order chi connectivity index (χ0) is 61.7. The van der Waals surface area contributed by atoms with Gasteiger partial charge in [-0.15, -0.1) is 0 Å². The molecule has 93 heavy (non-hydrogen) atoms. The van der Waals surface area contributed by atoms with Crippen LogP contribution in [0.1, 0.15) is 60.8 Å². The highest BCUT2D eigenvalue weighted by Gasteiger charge is 2.54. The van der Waals surface area contributed by atoms with Crippen LogP contribution < -0.4 is 9.80 Å². The van der Waals surface area contributed by atoms with E-state index in [0.717, 1.165) is 34.8 Å². The average molecular weight is 1190 g/mol. The Morgan fingerprint density at radius 3 is 1.06 bits per heavy atom. The third kappa shape index (κ3) is 10.1. The van der Waals surface area contributed by atoms with E-state index in [9.17, 15) is 0 Å². The van der Waals surface area contributed by atoms with Crippen LogP contribution in [0, 0.1) is 17.8 Å². The van der Waals surface area contributed by atoms with Gasteiger partial charge in [0.05, 0.1) is 5.41 Å². The monoisotopic (exact) mass is 1190 g/mol. The minimum atomic E-state index is -0.424. The first-order chi connectivity index (χ1) is 46.0. The normalized spacial score (nSPS) is 17.9. The van der Waals surface area contributed by atoms with E-state index in [1.54, 1.807) is 0 Å². The summed E-state index contributed by atoms with van der Waals surface area (Å²) >= 11 is 0. The highest BCUT2D eigenvalue weighted by molar-refractivity contribution is 6.00. The zero-order valence-corrected chi connectivity index (χ0v) is 52.3. The van der Waals surface area contributed by atoms with Crippen molar-refractivity contribution in [3.8, 4) is 55.6 Å². The van der Waals surface area contributed by atoms with E-state index in [0.29, 0.717) is 0 Å². The Balaban J connectivity index is 0.000000149. The summed E-state index contributed by atoms with van der Waals surface area (Å²) in [4.78, 5) is 5.10. The molecule has 2 heteroatoms. The second-order valence-corrected chi connectivity index (χ2v) is 26.5. The SMILES string of the molecule is c1ccc(-c2cccc3ccc(-c4ccc(N(c5ccccc5)C56CC7CC(CC(C7)C5)C6)cc4)cc23)cc1.c1ccc(-c2cccc3ccc(-c4ccc(N(c5ccccc5)c5ccc(C6(c7ccccc7)c7ccccc7-c7ccccc76)cc5)cc4)cc23)cc1. The van der Waals surface area contributed by atoms with Gasteiger partial charge in [0, 0.05) is 34.0 Å². The lowest BCUT2D eigenvalue weighted by Gasteiger charge is -2.61. The maximum absolute atomic E-state index is 2.75. The van der Waals surface area contributed by atoms with E-state index in [1.807, 2.05) is 0 Å². The molecule has 0 atom stereocenters. The molecule has 446 valence electrons. The number of nitrogens with zero attached hydrogens (tertiary/aromatic N) is 2. The van der Waals surface area contributed by atoms with Gasteiger partial charge in [0.25, 0.3) is 0 Å². The number of rotatable bonds is 12. The van der Waals surface area contributed by atoms with Gasteiger partial charge < -0.3 is 9.80 Å². The highest BCUT2D eigenvalue weighted by Crippen LogP contribution is 2.60. The van der Waals surface area contributed by atoms with Crippen molar-refractivity contribution in [1.82, 2.24) is 0 Å². The second-order valence-electron chi connectivity index (χ2n) is 26.5. The first kappa shape index (κ1) is 56.2. The van der Waals surface area contributed by atoms with Crippen LogP contribution in [-0.4, -0.2) is 5.54 Å². The van der Waals surface area contributed by atoms with Crippen LogP contribution in [0.25, 0.3) is 77.2 Å². The van der Waals surface area contributed by atoms with Gasteiger partial charge in [0.1, 0.15) is 0 Å². The van der Waals surface area contributed by atoms with Crippen LogP contribution in [0.3, 0.4) is 0 Å². The Bertz CT molecular complexity index is 4880. The van der Waals surface area contributed by atoms with Crippen LogP contribution in [0.5, 0.6) is 0 Å². The number of benzene rings is 14. The molecule has 5 aliphatic carbocycles. The van der Waals surface area contributed by atoms with Crippen molar-refractivity contribution in [2.24, 2.45) is 17.8 Å². The first-order valence-corrected chi connectivity index (χ1v) is 33.5. The van der Waals surface area contributed by atoms with Crippen LogP contribution >= 0.6 is 0 Å². The third-order valence-electron chi connectivity index (χ3n) is 21.1. The summed E-state index contributed by atoms with van der Waals surface area (Å²) in [5.74, 6) is 2.74. The molecule has 14 aromatic carbocycles. The molecule has 0 saturated heterocycles. The Hall–Kier alpha value is -10.8. The van der Waals surface area contributed by atoms with E-state index in [1.165, 1.54) is 149 Å². The number of fused-ring (bicyclic) bond motifs is 5. The minimum absolute atomic E-state index is 0.269. The van der Waals surface area contributed by atoms with Gasteiger partial charge in [-0.25, -0.2) is 0 Å². The number of anilines is 5. The summed E-state index contributed by atoms with van der Waals surface area (Å²) in [6, 6.07) is 127. The van der Waals surface area contributed by atoms with Gasteiger partial charge in [-0.3, -0.25) is 0 Å². The average Bonchev–Trinajstić information content (AvgIpc) is 1.58. The molecule has 0 heterocycles. The quantitative estimate of drug-likeness (QED) is 0.120. The van der Waals surface area contributed by atoms with E-state index in [4.69, 9.17) is 0 Å². The lowest BCUT2D eigenvalue weighted by molar-refractivity contribution is 0.000556. The predicted octanol–water partition coefficient (Wildman–Crippen LogP) is 24.3. The van der Waals surface area contributed by atoms with E-state index < -0.39 is 5.41 Å². The van der Waals surface area contributed by atoms with E-state index >= 15 is 0 Å². The molecule has 0 spiro atoms. The van der Waals surface area contributed by atoms with Gasteiger partial charge in [0.2, 0.25) is 0 Å². The molecule has 14 aromatic rings. The molecule has 0 N–H and O–H groups in total. The predicted molar refractivity (Wildman–Crippen MR) is 391 cm³/mol. The zero-order valence-electron chi connectivity index (χ0n) is 52.3. The summed E-state index contributed by atoms with van der Waals surface area (Å²) in [6.45, 7) is 0. The summed E-state index contributed by atoms with van der Waals surface area (Å²) in [6.07, 6.45) is 8.45. The molecule has 0 aliphatic heterocycles. The van der Waals surface area contributed by atoms with Crippen LogP contribution in [0.2, 0.25) is 0 Å². The van der Waals surface area contributed by atoms with Gasteiger partial charge in [-0.1, -0.05) is 273 Å². The molecule has 0 unspecified atom stereocenters. The lowest BCUT2D eigenvalue weighted by atomic mass is 9.52. The maximum atomic E-state index is 2.75. The van der Waals surface area contributed by atoms with Crippen molar-refractivity contribution >= 4 is 50.0 Å². The fraction of sp³-hybridized carbons (Fsp3) is 0.121. The Morgan fingerprint density at radius 2 is 0.591 bits per heavy atom. The van der Waals surface area contributed by atoms with Crippen molar-refractivity contribution < 1.29 is 0 Å². The maximum Gasteiger partial charge on any atom is 0.0713 e. The van der Waals surface area contributed by atoms with Gasteiger partial charge >= 0.3 is 0 Å². The van der Waals surface area contributed by atoms with Crippen LogP contribution in [0.4, 0.5) is 28.4 Å². The standard InChI is InChI=1S/C53H37N.C38H35N/c1-4-15-39(16-5-1)47-24-14-17-40-27-28-41(37-50(40)47)38-29-33-45(34-30-38)54(44-20-8-3-9-21-44)46-35-31-43(32-36-46)53(42-18-6-2-7-19-42)51-25-12-10-22-48(51)49-23-11-13-26-52(49)53;1-3-8-31(9-4-1)36-13-7-10-32-14-15-33(23-37(32)36)30-16-18-35(19-17-30)39(34-11-5-2-6-12-34)38-24-27-20-28(25-38)22-29(21-27)26-38/h1-37H;1-19,23,27-29H,20-22,24-26H2. The molecule has 19 rings (SSSR count). The molecule has 4 bridgehead atoms. The topological polar surface area (TPSA) is 6.48 Å². The van der Waals surface area contributed by atoms with Crippen LogP contribution in [0.15, 0.2) is 346 Å². The first-order valence-electron chi connectivity index (χ1n) is 33.5. The van der Waals surface area contributed by atoms with Crippen LogP contribution in [-0.2, 0) is 5.41 Å². The summed E-state index contributed by atoms with van der Waals surface area (Å²) in [7, 11) is 0. The number of hydrogen-bond acceptors (Lipinski definition) is 2. The van der Waals surface area contributed by atoms with Gasteiger partial charge in [0.15, 0.2) is 0 Å². The summed E-state index contributed by atoms with van der Waals surface area (Å²) in [5.41, 5.74) is 23.7. The van der Waals surface area contributed by atoms with Gasteiger partial charge in [-0.05, 0) is 229 Å². The molecule has 0 amide bonds. The molecule has 5 aliphatic rings. The van der Waals surface area contributed by atoms with Gasteiger partial charge in [-0.2, -0.15) is 0 Å². The summed E-state index contributed by atoms with van der Waals surface area (Å²) in [5, 5.41) is 5.10. The Kier molecular flexibility index (Phi) is 14.4. The smallest absolute Gasteiger partial charge is 0.0713 e. The van der Waals surface area contributed by atoms with Crippen molar-refractivity contribution in [2.75, 3.05) is 9.80 Å². The molecular formula is C91H72N2. The fourth-order valence-electron chi connectivity index (χ4n) is 17.5. The molecular weight excluding hydrogens is 1120 g/mol. The highest BCUT2D eigenvalue weighted by atomic mass is 15.2.